The van der Waals surface area contributed by atoms with E-state index in [0.717, 1.165) is 38.0 Å². The molecule has 1 aliphatic rings. The number of benzene rings is 1. The summed E-state index contributed by atoms with van der Waals surface area (Å²) in [6.07, 6.45) is 5.59. The van der Waals surface area contributed by atoms with Gasteiger partial charge in [0, 0.05) is 30.3 Å². The van der Waals surface area contributed by atoms with Crippen LogP contribution in [0.1, 0.15) is 42.1 Å². The van der Waals surface area contributed by atoms with Gasteiger partial charge in [-0.05, 0) is 44.4 Å². The van der Waals surface area contributed by atoms with Crippen molar-refractivity contribution < 1.29 is 14.3 Å². The van der Waals surface area contributed by atoms with E-state index in [1.54, 1.807) is 26.4 Å². The molecule has 0 radical (unpaired) electrons. The van der Waals surface area contributed by atoms with Gasteiger partial charge in [-0.2, -0.15) is 0 Å². The highest BCUT2D eigenvalue weighted by molar-refractivity contribution is 5.95. The van der Waals surface area contributed by atoms with E-state index in [1.807, 2.05) is 6.07 Å². The molecule has 1 N–H and O–H groups in total. The number of allylic oxidation sites excluding steroid dienone is 1. The van der Waals surface area contributed by atoms with E-state index in [1.165, 1.54) is 6.42 Å². The molecule has 1 fully saturated rings. The molecule has 1 heterocycles. The first kappa shape index (κ1) is 19.3. The third-order valence-electron chi connectivity index (χ3n) is 4.64. The molecule has 0 aromatic heterocycles. The summed E-state index contributed by atoms with van der Waals surface area (Å²) in [7, 11) is 3.19. The Kier molecular flexibility index (Phi) is 7.31. The van der Waals surface area contributed by atoms with Crippen LogP contribution < -0.4 is 14.8 Å². The van der Waals surface area contributed by atoms with Crippen molar-refractivity contribution in [2.24, 2.45) is 0 Å². The normalized spacial score (nSPS) is 15.6. The molecule has 0 spiro atoms. The highest BCUT2D eigenvalue weighted by Crippen LogP contribution is 2.33. The lowest BCUT2D eigenvalue weighted by Crippen LogP contribution is -2.44. The van der Waals surface area contributed by atoms with Gasteiger partial charge in [0.05, 0.1) is 14.2 Å². The first-order valence-electron chi connectivity index (χ1n) is 9.01. The molecule has 0 aliphatic carbocycles. The minimum atomic E-state index is -0.0554. The van der Waals surface area contributed by atoms with Crippen molar-refractivity contribution >= 4 is 5.91 Å². The first-order valence-corrected chi connectivity index (χ1v) is 9.01. The fourth-order valence-corrected chi connectivity index (χ4v) is 3.37. The molecular weight excluding hydrogens is 316 g/mol. The predicted octanol–water partition coefficient (Wildman–Crippen LogP) is 3.04. The number of methoxy groups -OCH3 is 2. The lowest BCUT2D eigenvalue weighted by Gasteiger charge is -2.32. The van der Waals surface area contributed by atoms with Gasteiger partial charge in [-0.3, -0.25) is 4.79 Å². The second-order valence-electron chi connectivity index (χ2n) is 6.45. The van der Waals surface area contributed by atoms with Crippen molar-refractivity contribution in [3.8, 4) is 11.5 Å². The Morgan fingerprint density at radius 3 is 2.60 bits per heavy atom. The molecule has 1 amide bonds. The highest BCUT2D eigenvalue weighted by atomic mass is 16.5. The maximum atomic E-state index is 12.7. The van der Waals surface area contributed by atoms with Crippen LogP contribution in [0.5, 0.6) is 11.5 Å². The summed E-state index contributed by atoms with van der Waals surface area (Å²) in [4.78, 5) is 15.2. The number of carbonyl (C=O) groups is 1. The zero-order chi connectivity index (χ0) is 18.2. The Morgan fingerprint density at radius 2 is 2.04 bits per heavy atom. The average molecular weight is 346 g/mol. The number of hydrogen-bond donors (Lipinski definition) is 1. The van der Waals surface area contributed by atoms with Crippen LogP contribution in [0, 0.1) is 0 Å². The summed E-state index contributed by atoms with van der Waals surface area (Å²) in [6.45, 7) is 9.21. The topological polar surface area (TPSA) is 50.8 Å². The number of likely N-dealkylation sites (tertiary alicyclic amines) is 1. The SMILES string of the molecule is C=CCc1cc(C(=O)NC2CCN(CCC)CC2)cc(OC)c1OC. The van der Waals surface area contributed by atoms with E-state index in [0.29, 0.717) is 23.5 Å². The summed E-state index contributed by atoms with van der Waals surface area (Å²) in [5, 5.41) is 3.17. The van der Waals surface area contributed by atoms with Crippen LogP contribution in [0.25, 0.3) is 0 Å². The Bertz CT molecular complexity index is 593. The van der Waals surface area contributed by atoms with E-state index >= 15 is 0 Å². The van der Waals surface area contributed by atoms with Gasteiger partial charge in [-0.1, -0.05) is 13.0 Å². The van der Waals surface area contributed by atoms with E-state index < -0.39 is 0 Å². The largest absolute Gasteiger partial charge is 0.493 e. The van der Waals surface area contributed by atoms with Crippen molar-refractivity contribution in [2.45, 2.75) is 38.6 Å². The average Bonchev–Trinajstić information content (AvgIpc) is 2.63. The molecule has 25 heavy (non-hydrogen) atoms. The molecule has 138 valence electrons. The van der Waals surface area contributed by atoms with Crippen LogP contribution in [0.4, 0.5) is 0 Å². The highest BCUT2D eigenvalue weighted by Gasteiger charge is 2.22. The third kappa shape index (κ3) is 4.98. The van der Waals surface area contributed by atoms with Gasteiger partial charge in [0.1, 0.15) is 0 Å². The molecule has 1 aromatic carbocycles. The molecule has 0 unspecified atom stereocenters. The van der Waals surface area contributed by atoms with Gasteiger partial charge in [0.15, 0.2) is 11.5 Å². The molecule has 1 saturated heterocycles. The molecule has 1 aliphatic heterocycles. The zero-order valence-corrected chi connectivity index (χ0v) is 15.6. The minimum absolute atomic E-state index is 0.0554. The number of hydrogen-bond acceptors (Lipinski definition) is 4. The van der Waals surface area contributed by atoms with Gasteiger partial charge < -0.3 is 19.7 Å². The molecule has 0 saturated carbocycles. The van der Waals surface area contributed by atoms with Crippen molar-refractivity contribution in [1.29, 1.82) is 0 Å². The fourth-order valence-electron chi connectivity index (χ4n) is 3.37. The van der Waals surface area contributed by atoms with Crippen molar-refractivity contribution in [3.63, 3.8) is 0 Å². The summed E-state index contributed by atoms with van der Waals surface area (Å²) in [5.74, 6) is 1.18. The second kappa shape index (κ2) is 9.47. The molecule has 0 bridgehead atoms. The van der Waals surface area contributed by atoms with E-state index in [4.69, 9.17) is 9.47 Å². The third-order valence-corrected chi connectivity index (χ3v) is 4.64. The summed E-state index contributed by atoms with van der Waals surface area (Å²) in [6, 6.07) is 3.84. The summed E-state index contributed by atoms with van der Waals surface area (Å²) in [5.41, 5.74) is 1.50. The minimum Gasteiger partial charge on any atom is -0.493 e. The maximum absolute atomic E-state index is 12.7. The van der Waals surface area contributed by atoms with Crippen molar-refractivity contribution in [1.82, 2.24) is 10.2 Å². The number of rotatable bonds is 8. The van der Waals surface area contributed by atoms with Crippen LogP contribution in [0.15, 0.2) is 24.8 Å². The van der Waals surface area contributed by atoms with E-state index in [2.05, 4.69) is 23.7 Å². The molecule has 5 heteroatoms. The molecule has 2 rings (SSSR count). The number of nitrogens with one attached hydrogen (secondary N) is 1. The Balaban J connectivity index is 2.08. The van der Waals surface area contributed by atoms with Crippen LogP contribution in [-0.2, 0) is 6.42 Å². The van der Waals surface area contributed by atoms with Crippen molar-refractivity contribution in [2.75, 3.05) is 33.9 Å². The van der Waals surface area contributed by atoms with E-state index in [9.17, 15) is 4.79 Å². The lowest BCUT2D eigenvalue weighted by molar-refractivity contribution is 0.0910. The summed E-state index contributed by atoms with van der Waals surface area (Å²) >= 11 is 0. The van der Waals surface area contributed by atoms with Gasteiger partial charge >= 0.3 is 0 Å². The maximum Gasteiger partial charge on any atom is 0.251 e. The molecular formula is C20H30N2O3. The number of nitrogens with zero attached hydrogens (tertiary/aromatic N) is 1. The Hall–Kier alpha value is -2.01. The van der Waals surface area contributed by atoms with Gasteiger partial charge in [-0.15, -0.1) is 6.58 Å². The van der Waals surface area contributed by atoms with Crippen LogP contribution in [-0.4, -0.2) is 50.7 Å². The predicted molar refractivity (Wildman–Crippen MR) is 101 cm³/mol. The summed E-state index contributed by atoms with van der Waals surface area (Å²) < 4.78 is 10.8. The van der Waals surface area contributed by atoms with Gasteiger partial charge in [-0.25, -0.2) is 0 Å². The number of ether oxygens (including phenoxy) is 2. The molecule has 0 atom stereocenters. The second-order valence-corrected chi connectivity index (χ2v) is 6.45. The van der Waals surface area contributed by atoms with Crippen LogP contribution in [0.2, 0.25) is 0 Å². The standard InChI is InChI=1S/C20H30N2O3/c1-5-7-15-13-16(14-18(24-3)19(15)25-4)20(23)21-17-8-11-22(10-6-2)12-9-17/h5,13-14,17H,1,6-12H2,2-4H3,(H,21,23). The van der Waals surface area contributed by atoms with Gasteiger partial charge in [0.25, 0.3) is 5.91 Å². The van der Waals surface area contributed by atoms with Crippen molar-refractivity contribution in [3.05, 3.63) is 35.9 Å². The number of amides is 1. The smallest absolute Gasteiger partial charge is 0.251 e. The number of piperidine rings is 1. The van der Waals surface area contributed by atoms with Gasteiger partial charge in [0.2, 0.25) is 0 Å². The van der Waals surface area contributed by atoms with Crippen LogP contribution >= 0.6 is 0 Å². The number of carbonyl (C=O) groups excluding carboxylic acids is 1. The van der Waals surface area contributed by atoms with Crippen LogP contribution in [0.3, 0.4) is 0 Å². The molecule has 5 nitrogen and oxygen atoms in total. The first-order chi connectivity index (χ1) is 12.1. The van der Waals surface area contributed by atoms with E-state index in [-0.39, 0.29) is 11.9 Å². The fraction of sp³-hybridized carbons (Fsp3) is 0.550. The zero-order valence-electron chi connectivity index (χ0n) is 15.6. The monoisotopic (exact) mass is 346 g/mol. The quantitative estimate of drug-likeness (QED) is 0.735. The Labute approximate surface area is 151 Å². The molecule has 1 aromatic rings. The Morgan fingerprint density at radius 1 is 1.32 bits per heavy atom. The lowest BCUT2D eigenvalue weighted by atomic mass is 10.0.